The molecule has 2 aromatic rings. The fourth-order valence-corrected chi connectivity index (χ4v) is 1.92. The first-order chi connectivity index (χ1) is 11.6. The van der Waals surface area contributed by atoms with E-state index in [0.29, 0.717) is 22.6 Å². The molecule has 0 unspecified atom stereocenters. The summed E-state index contributed by atoms with van der Waals surface area (Å²) < 4.78 is 0. The third-order valence-electron chi connectivity index (χ3n) is 2.87. The zero-order valence-corrected chi connectivity index (χ0v) is 12.6. The van der Waals surface area contributed by atoms with Crippen molar-refractivity contribution in [1.82, 2.24) is 10.9 Å². The van der Waals surface area contributed by atoms with E-state index < -0.39 is 12.1 Å². The molecule has 6 N–H and O–H groups in total. The summed E-state index contributed by atoms with van der Waals surface area (Å²) in [6.45, 7) is 0. The second-order valence-electron chi connectivity index (χ2n) is 4.60. The van der Waals surface area contributed by atoms with E-state index in [4.69, 9.17) is 11.5 Å². The van der Waals surface area contributed by atoms with Gasteiger partial charge in [0.15, 0.2) is 0 Å². The Morgan fingerprint density at radius 2 is 1.00 bits per heavy atom. The number of hydrazone groups is 2. The maximum Gasteiger partial charge on any atom is 0.332 e. The van der Waals surface area contributed by atoms with Gasteiger partial charge in [0, 0.05) is 11.1 Å². The summed E-state index contributed by atoms with van der Waals surface area (Å²) >= 11 is 0. The van der Waals surface area contributed by atoms with Crippen molar-refractivity contribution < 1.29 is 9.59 Å². The van der Waals surface area contributed by atoms with E-state index in [2.05, 4.69) is 21.1 Å². The van der Waals surface area contributed by atoms with Crippen molar-refractivity contribution in [2.75, 3.05) is 0 Å². The fourth-order valence-electron chi connectivity index (χ4n) is 1.92. The number of carbonyl (C=O) groups excluding carboxylic acids is 2. The molecule has 4 amide bonds. The Hall–Kier alpha value is -3.68. The van der Waals surface area contributed by atoms with Crippen molar-refractivity contribution in [3.05, 3.63) is 71.8 Å². The number of nitrogens with two attached hydrogens (primary N) is 2. The number of hydrogen-bond acceptors (Lipinski definition) is 4. The van der Waals surface area contributed by atoms with E-state index in [1.165, 1.54) is 0 Å². The average Bonchev–Trinajstić information content (AvgIpc) is 2.59. The van der Waals surface area contributed by atoms with Gasteiger partial charge in [0.1, 0.15) is 11.4 Å². The van der Waals surface area contributed by atoms with Crippen LogP contribution in [0.2, 0.25) is 0 Å². The first kappa shape index (κ1) is 16.7. The summed E-state index contributed by atoms with van der Waals surface area (Å²) in [5.41, 5.74) is 16.5. The lowest BCUT2D eigenvalue weighted by Crippen LogP contribution is -2.31. The van der Waals surface area contributed by atoms with Crippen LogP contribution in [0.5, 0.6) is 0 Å². The Morgan fingerprint density at radius 3 is 1.29 bits per heavy atom. The molecule has 2 aromatic carbocycles. The normalized spacial score (nSPS) is 11.7. The molecular weight excluding hydrogens is 308 g/mol. The fraction of sp³-hybridized carbons (Fsp3) is 0. The maximum absolute atomic E-state index is 11.0. The van der Waals surface area contributed by atoms with Gasteiger partial charge in [-0.1, -0.05) is 60.7 Å². The first-order valence-corrected chi connectivity index (χ1v) is 6.95. The summed E-state index contributed by atoms with van der Waals surface area (Å²) in [5.74, 6) is 0. The number of primary amides is 2. The highest BCUT2D eigenvalue weighted by atomic mass is 16.2. The minimum Gasteiger partial charge on any atom is -0.350 e. The van der Waals surface area contributed by atoms with Crippen LogP contribution in [0.3, 0.4) is 0 Å². The third-order valence-corrected chi connectivity index (χ3v) is 2.87. The molecule has 2 rings (SSSR count). The molecule has 24 heavy (non-hydrogen) atoms. The monoisotopic (exact) mass is 324 g/mol. The van der Waals surface area contributed by atoms with Crippen molar-refractivity contribution in [3.63, 3.8) is 0 Å². The molecule has 0 aromatic heterocycles. The standard InChI is InChI=1S/C16H16N6O2/c17-15(23)21-19-13(11-7-3-1-4-8-11)14(20-22-16(18)24)12-9-5-2-6-10-12/h1-10H,(H3,17,21,23)(H3,18,22,24)/b19-13-,20-14?. The summed E-state index contributed by atoms with van der Waals surface area (Å²) in [7, 11) is 0. The molecule has 0 spiro atoms. The predicted octanol–water partition coefficient (Wildman–Crippen LogP) is 1.13. The minimum atomic E-state index is -0.821. The molecule has 0 saturated heterocycles. The number of nitrogens with one attached hydrogen (secondary N) is 2. The van der Waals surface area contributed by atoms with E-state index in [0.717, 1.165) is 0 Å². The Morgan fingerprint density at radius 1 is 0.667 bits per heavy atom. The lowest BCUT2D eigenvalue weighted by molar-refractivity contribution is 0.248. The quantitative estimate of drug-likeness (QED) is 0.484. The molecule has 0 aliphatic heterocycles. The van der Waals surface area contributed by atoms with E-state index in [9.17, 15) is 9.59 Å². The first-order valence-electron chi connectivity index (χ1n) is 6.95. The lowest BCUT2D eigenvalue weighted by atomic mass is 10.00. The highest BCUT2D eigenvalue weighted by Gasteiger charge is 2.15. The molecule has 122 valence electrons. The number of nitrogens with zero attached hydrogens (tertiary/aromatic N) is 2. The average molecular weight is 324 g/mol. The minimum absolute atomic E-state index is 0.314. The SMILES string of the molecule is NC(=O)NN=C(/C(=N\NC(N)=O)c1ccccc1)c1ccccc1. The van der Waals surface area contributed by atoms with Crippen LogP contribution in [-0.4, -0.2) is 23.5 Å². The van der Waals surface area contributed by atoms with Crippen molar-refractivity contribution >= 4 is 23.5 Å². The highest BCUT2D eigenvalue weighted by molar-refractivity contribution is 6.53. The summed E-state index contributed by atoms with van der Waals surface area (Å²) in [6, 6.07) is 16.4. The summed E-state index contributed by atoms with van der Waals surface area (Å²) in [6.07, 6.45) is 0. The van der Waals surface area contributed by atoms with Crippen LogP contribution in [0.15, 0.2) is 70.9 Å². The van der Waals surface area contributed by atoms with E-state index in [-0.39, 0.29) is 0 Å². The molecule has 0 atom stereocenters. The molecule has 0 bridgehead atoms. The molecule has 8 nitrogen and oxygen atoms in total. The second-order valence-corrected chi connectivity index (χ2v) is 4.60. The van der Waals surface area contributed by atoms with E-state index in [1.54, 1.807) is 48.5 Å². The van der Waals surface area contributed by atoms with Gasteiger partial charge in [0.2, 0.25) is 0 Å². The predicted molar refractivity (Wildman–Crippen MR) is 91.4 cm³/mol. The van der Waals surface area contributed by atoms with Crippen molar-refractivity contribution in [2.45, 2.75) is 0 Å². The molecule has 8 heteroatoms. The molecule has 0 radical (unpaired) electrons. The Balaban J connectivity index is 2.56. The Bertz CT molecular complexity index is 704. The van der Waals surface area contributed by atoms with Gasteiger partial charge in [-0.05, 0) is 0 Å². The largest absolute Gasteiger partial charge is 0.350 e. The number of benzene rings is 2. The van der Waals surface area contributed by atoms with Gasteiger partial charge >= 0.3 is 12.1 Å². The van der Waals surface area contributed by atoms with Crippen LogP contribution in [0.4, 0.5) is 9.59 Å². The van der Waals surface area contributed by atoms with Crippen molar-refractivity contribution in [1.29, 1.82) is 0 Å². The van der Waals surface area contributed by atoms with Crippen LogP contribution in [0.25, 0.3) is 0 Å². The molecule has 0 fully saturated rings. The van der Waals surface area contributed by atoms with Gasteiger partial charge in [-0.25, -0.2) is 20.4 Å². The van der Waals surface area contributed by atoms with Crippen molar-refractivity contribution in [3.8, 4) is 0 Å². The number of urea groups is 2. The van der Waals surface area contributed by atoms with E-state index >= 15 is 0 Å². The molecule has 0 aliphatic rings. The number of carbonyl (C=O) groups is 2. The third kappa shape index (κ3) is 4.67. The smallest absolute Gasteiger partial charge is 0.332 e. The van der Waals surface area contributed by atoms with Gasteiger partial charge in [0.05, 0.1) is 0 Å². The van der Waals surface area contributed by atoms with Crippen LogP contribution < -0.4 is 22.3 Å². The topological polar surface area (TPSA) is 135 Å². The summed E-state index contributed by atoms with van der Waals surface area (Å²) in [5, 5.41) is 8.03. The maximum atomic E-state index is 11.0. The van der Waals surface area contributed by atoms with Crippen LogP contribution in [0.1, 0.15) is 11.1 Å². The van der Waals surface area contributed by atoms with Gasteiger partial charge < -0.3 is 11.5 Å². The Kier molecular flexibility index (Phi) is 5.62. The van der Waals surface area contributed by atoms with Crippen LogP contribution >= 0.6 is 0 Å². The van der Waals surface area contributed by atoms with Crippen LogP contribution in [0, 0.1) is 0 Å². The second kappa shape index (κ2) is 8.08. The van der Waals surface area contributed by atoms with Gasteiger partial charge in [-0.3, -0.25) is 0 Å². The molecule has 0 heterocycles. The van der Waals surface area contributed by atoms with Gasteiger partial charge in [-0.2, -0.15) is 10.2 Å². The van der Waals surface area contributed by atoms with E-state index in [1.807, 2.05) is 12.1 Å². The van der Waals surface area contributed by atoms with Crippen LogP contribution in [-0.2, 0) is 0 Å². The summed E-state index contributed by atoms with van der Waals surface area (Å²) in [4.78, 5) is 22.1. The number of amides is 4. The zero-order chi connectivity index (χ0) is 17.4. The number of hydrogen-bond donors (Lipinski definition) is 4. The van der Waals surface area contributed by atoms with Crippen molar-refractivity contribution in [2.24, 2.45) is 21.7 Å². The highest BCUT2D eigenvalue weighted by Crippen LogP contribution is 2.10. The number of rotatable bonds is 5. The van der Waals surface area contributed by atoms with Gasteiger partial charge in [0.25, 0.3) is 0 Å². The zero-order valence-electron chi connectivity index (χ0n) is 12.6. The lowest BCUT2D eigenvalue weighted by Gasteiger charge is -2.11. The molecule has 0 saturated carbocycles. The molecular formula is C16H16N6O2. The Labute approximate surface area is 138 Å². The molecule has 0 aliphatic carbocycles. The van der Waals surface area contributed by atoms with Gasteiger partial charge in [-0.15, -0.1) is 0 Å².